The van der Waals surface area contributed by atoms with E-state index in [0.717, 1.165) is 6.42 Å². The Morgan fingerprint density at radius 2 is 2.12 bits per heavy atom. The molecule has 0 aromatic carbocycles. The molecule has 0 radical (unpaired) electrons. The first-order valence-corrected chi connectivity index (χ1v) is 5.55. The van der Waals surface area contributed by atoms with Gasteiger partial charge in [0.15, 0.2) is 0 Å². The Labute approximate surface area is 96.3 Å². The number of nitrogens with one attached hydrogen (secondary N) is 2. The maximum atomic E-state index is 11.5. The maximum absolute atomic E-state index is 11.5. The molecule has 0 aromatic heterocycles. The molecule has 1 amide bonds. The number of hydrogen-bond acceptors (Lipinski definition) is 4. The first kappa shape index (κ1) is 14.7. The standard InChI is InChI=1S/C10H22N4O2/c1-4-8(6-9(11)14-16)13-7(3)10(15)12-5-2/h7-8,13,16H,4-6H2,1-3H3,(H2,11,14)(H,12,15). The molecule has 6 nitrogen and oxygen atoms in total. The van der Waals surface area contributed by atoms with Crippen molar-refractivity contribution in [1.82, 2.24) is 10.6 Å². The molecule has 2 atom stereocenters. The van der Waals surface area contributed by atoms with Crippen LogP contribution in [0.4, 0.5) is 0 Å². The van der Waals surface area contributed by atoms with Crippen molar-refractivity contribution >= 4 is 11.7 Å². The number of carbonyl (C=O) groups is 1. The Hall–Kier alpha value is -1.30. The number of amidine groups is 1. The largest absolute Gasteiger partial charge is 0.409 e. The molecule has 0 bridgehead atoms. The summed E-state index contributed by atoms with van der Waals surface area (Å²) in [5.41, 5.74) is 5.42. The lowest BCUT2D eigenvalue weighted by Crippen LogP contribution is -2.47. The molecule has 0 fully saturated rings. The van der Waals surface area contributed by atoms with Crippen LogP contribution in [0.5, 0.6) is 0 Å². The van der Waals surface area contributed by atoms with E-state index in [1.165, 1.54) is 0 Å². The zero-order chi connectivity index (χ0) is 12.6. The number of amides is 1. The molecule has 5 N–H and O–H groups in total. The third-order valence-corrected chi connectivity index (χ3v) is 2.31. The first-order valence-electron chi connectivity index (χ1n) is 5.55. The zero-order valence-corrected chi connectivity index (χ0v) is 10.2. The molecular formula is C10H22N4O2. The fraction of sp³-hybridized carbons (Fsp3) is 0.800. The number of carbonyl (C=O) groups excluding carboxylic acids is 1. The third-order valence-electron chi connectivity index (χ3n) is 2.31. The number of nitrogens with two attached hydrogens (primary N) is 1. The van der Waals surface area contributed by atoms with Gasteiger partial charge >= 0.3 is 0 Å². The number of oxime groups is 1. The molecule has 0 rings (SSSR count). The van der Waals surface area contributed by atoms with Crippen LogP contribution in [-0.2, 0) is 4.79 Å². The number of rotatable bonds is 7. The van der Waals surface area contributed by atoms with Crippen LogP contribution >= 0.6 is 0 Å². The van der Waals surface area contributed by atoms with E-state index in [1.54, 1.807) is 6.92 Å². The molecule has 0 heterocycles. The molecule has 6 heteroatoms. The molecule has 0 aliphatic rings. The number of nitrogens with zero attached hydrogens (tertiary/aromatic N) is 1. The van der Waals surface area contributed by atoms with Gasteiger partial charge in [-0.25, -0.2) is 0 Å². The highest BCUT2D eigenvalue weighted by Gasteiger charge is 2.16. The summed E-state index contributed by atoms with van der Waals surface area (Å²) >= 11 is 0. The third kappa shape index (κ3) is 5.55. The van der Waals surface area contributed by atoms with E-state index in [2.05, 4.69) is 15.8 Å². The lowest BCUT2D eigenvalue weighted by Gasteiger charge is -2.21. The highest BCUT2D eigenvalue weighted by molar-refractivity contribution is 5.82. The molecule has 2 unspecified atom stereocenters. The summed E-state index contributed by atoms with van der Waals surface area (Å²) in [7, 11) is 0. The van der Waals surface area contributed by atoms with Gasteiger partial charge < -0.3 is 21.6 Å². The van der Waals surface area contributed by atoms with E-state index in [4.69, 9.17) is 10.9 Å². The summed E-state index contributed by atoms with van der Waals surface area (Å²) in [6, 6.07) is -0.245. The van der Waals surface area contributed by atoms with Crippen molar-refractivity contribution in [3.63, 3.8) is 0 Å². The second kappa shape index (κ2) is 7.92. The van der Waals surface area contributed by atoms with Crippen LogP contribution in [-0.4, -0.2) is 35.6 Å². The van der Waals surface area contributed by atoms with Crippen molar-refractivity contribution in [3.8, 4) is 0 Å². The summed E-state index contributed by atoms with van der Waals surface area (Å²) < 4.78 is 0. The normalized spacial score (nSPS) is 15.6. The molecule has 0 aliphatic carbocycles. The van der Waals surface area contributed by atoms with Crippen LogP contribution < -0.4 is 16.4 Å². The van der Waals surface area contributed by atoms with Gasteiger partial charge in [0.1, 0.15) is 5.84 Å². The second-order valence-corrected chi connectivity index (χ2v) is 3.68. The predicted octanol–water partition coefficient (Wildman–Crippen LogP) is 0.0157. The maximum Gasteiger partial charge on any atom is 0.236 e. The zero-order valence-electron chi connectivity index (χ0n) is 10.2. The van der Waals surface area contributed by atoms with E-state index in [0.29, 0.717) is 13.0 Å². The first-order chi connectivity index (χ1) is 7.54. The highest BCUT2D eigenvalue weighted by Crippen LogP contribution is 1.99. The highest BCUT2D eigenvalue weighted by atomic mass is 16.4. The Bertz CT molecular complexity index is 243. The molecule has 94 valence electrons. The monoisotopic (exact) mass is 230 g/mol. The lowest BCUT2D eigenvalue weighted by molar-refractivity contribution is -0.122. The van der Waals surface area contributed by atoms with Gasteiger partial charge in [0.2, 0.25) is 5.91 Å². The summed E-state index contributed by atoms with van der Waals surface area (Å²) in [6.07, 6.45) is 1.23. The van der Waals surface area contributed by atoms with Crippen LogP contribution in [0.15, 0.2) is 5.16 Å². The Kier molecular flexibility index (Phi) is 7.28. The predicted molar refractivity (Wildman–Crippen MR) is 63.4 cm³/mol. The van der Waals surface area contributed by atoms with E-state index < -0.39 is 0 Å². The molecule has 0 saturated carbocycles. The Morgan fingerprint density at radius 1 is 1.50 bits per heavy atom. The van der Waals surface area contributed by atoms with Crippen LogP contribution in [0, 0.1) is 0 Å². The Balaban J connectivity index is 4.16. The summed E-state index contributed by atoms with van der Waals surface area (Å²) in [5.74, 6) is 0.128. The quantitative estimate of drug-likeness (QED) is 0.214. The van der Waals surface area contributed by atoms with Gasteiger partial charge in [-0.15, -0.1) is 0 Å². The molecular weight excluding hydrogens is 208 g/mol. The van der Waals surface area contributed by atoms with Gasteiger partial charge in [0.25, 0.3) is 0 Å². The molecule has 0 saturated heterocycles. The molecule has 0 aliphatic heterocycles. The van der Waals surface area contributed by atoms with Gasteiger partial charge in [-0.05, 0) is 20.3 Å². The topological polar surface area (TPSA) is 99.7 Å². The van der Waals surface area contributed by atoms with Crippen molar-refractivity contribution in [2.45, 2.75) is 45.7 Å². The van der Waals surface area contributed by atoms with Crippen molar-refractivity contribution < 1.29 is 10.0 Å². The van der Waals surface area contributed by atoms with E-state index in [9.17, 15) is 4.79 Å². The fourth-order valence-electron chi connectivity index (χ4n) is 1.37. The van der Waals surface area contributed by atoms with Gasteiger partial charge in [0, 0.05) is 19.0 Å². The van der Waals surface area contributed by atoms with Gasteiger partial charge in [-0.3, -0.25) is 4.79 Å². The van der Waals surface area contributed by atoms with E-state index >= 15 is 0 Å². The average molecular weight is 230 g/mol. The van der Waals surface area contributed by atoms with Crippen molar-refractivity contribution in [2.75, 3.05) is 6.54 Å². The average Bonchev–Trinajstić information content (AvgIpc) is 2.27. The van der Waals surface area contributed by atoms with Crippen LogP contribution in [0.25, 0.3) is 0 Å². The number of likely N-dealkylation sites (N-methyl/N-ethyl adjacent to an activating group) is 1. The summed E-state index contributed by atoms with van der Waals surface area (Å²) in [4.78, 5) is 11.5. The van der Waals surface area contributed by atoms with Crippen molar-refractivity contribution in [3.05, 3.63) is 0 Å². The van der Waals surface area contributed by atoms with Crippen molar-refractivity contribution in [2.24, 2.45) is 10.9 Å². The summed E-state index contributed by atoms with van der Waals surface area (Å²) in [5, 5.41) is 17.2. The van der Waals surface area contributed by atoms with Gasteiger partial charge in [0.05, 0.1) is 6.04 Å². The Morgan fingerprint density at radius 3 is 2.56 bits per heavy atom. The minimum atomic E-state index is -0.281. The van der Waals surface area contributed by atoms with Crippen molar-refractivity contribution in [1.29, 1.82) is 0 Å². The molecule has 0 spiro atoms. The van der Waals surface area contributed by atoms with Crippen LogP contribution in [0.3, 0.4) is 0 Å². The SMILES string of the molecule is CCNC(=O)C(C)NC(CC)CC(N)=NO. The molecule has 16 heavy (non-hydrogen) atoms. The van der Waals surface area contributed by atoms with Crippen LogP contribution in [0.2, 0.25) is 0 Å². The summed E-state index contributed by atoms with van der Waals surface area (Å²) in [6.45, 7) is 6.26. The van der Waals surface area contributed by atoms with Crippen LogP contribution in [0.1, 0.15) is 33.6 Å². The molecule has 0 aromatic rings. The van der Waals surface area contributed by atoms with E-state index in [1.807, 2.05) is 13.8 Å². The second-order valence-electron chi connectivity index (χ2n) is 3.68. The minimum absolute atomic E-state index is 0.0357. The van der Waals surface area contributed by atoms with E-state index in [-0.39, 0.29) is 23.8 Å². The van der Waals surface area contributed by atoms with Gasteiger partial charge in [-0.2, -0.15) is 0 Å². The number of hydrogen-bond donors (Lipinski definition) is 4. The smallest absolute Gasteiger partial charge is 0.236 e. The minimum Gasteiger partial charge on any atom is -0.409 e. The lowest BCUT2D eigenvalue weighted by atomic mass is 10.1. The van der Waals surface area contributed by atoms with Gasteiger partial charge in [-0.1, -0.05) is 12.1 Å². The fourth-order valence-corrected chi connectivity index (χ4v) is 1.37.